The van der Waals surface area contributed by atoms with E-state index in [4.69, 9.17) is 21.6 Å². The van der Waals surface area contributed by atoms with Gasteiger partial charge in [0.25, 0.3) is 5.56 Å². The molecule has 0 fully saturated rings. The molecule has 4 nitrogen and oxygen atoms in total. The van der Waals surface area contributed by atoms with Crippen LogP contribution in [0.4, 0.5) is 0 Å². The number of hydrogen-bond acceptors (Lipinski definition) is 3. The Morgan fingerprint density at radius 3 is 2.76 bits per heavy atom. The number of pyridine rings is 1. The fourth-order valence-corrected chi connectivity index (χ4v) is 2.62. The van der Waals surface area contributed by atoms with Gasteiger partial charge in [0, 0.05) is 12.1 Å². The maximum absolute atomic E-state index is 12.1. The van der Waals surface area contributed by atoms with Crippen molar-refractivity contribution in [2.24, 2.45) is 0 Å². The molecule has 0 aliphatic heterocycles. The second-order valence-electron chi connectivity index (χ2n) is 4.20. The van der Waals surface area contributed by atoms with Crippen molar-refractivity contribution >= 4 is 27.5 Å². The van der Waals surface area contributed by atoms with Crippen molar-refractivity contribution in [2.75, 3.05) is 6.61 Å². The number of nitriles is 1. The van der Waals surface area contributed by atoms with Crippen LogP contribution in [0.2, 0.25) is 5.02 Å². The van der Waals surface area contributed by atoms with Crippen LogP contribution in [0, 0.1) is 11.3 Å². The third-order valence-electron chi connectivity index (χ3n) is 2.96. The highest BCUT2D eigenvalue weighted by Gasteiger charge is 2.11. The molecule has 2 rings (SSSR count). The predicted molar refractivity (Wildman–Crippen MR) is 85.6 cm³/mol. The minimum absolute atomic E-state index is 0.0341. The summed E-state index contributed by atoms with van der Waals surface area (Å²) in [6.45, 7) is 2.40. The van der Waals surface area contributed by atoms with E-state index >= 15 is 0 Å². The molecule has 0 atom stereocenters. The van der Waals surface area contributed by atoms with Crippen molar-refractivity contribution in [3.8, 4) is 23.1 Å². The van der Waals surface area contributed by atoms with Gasteiger partial charge in [-0.15, -0.1) is 0 Å². The van der Waals surface area contributed by atoms with Gasteiger partial charge in [0.1, 0.15) is 11.8 Å². The fourth-order valence-electron chi connectivity index (χ4n) is 2.01. The summed E-state index contributed by atoms with van der Waals surface area (Å²) in [6, 6.07) is 10.6. The van der Waals surface area contributed by atoms with E-state index in [1.165, 1.54) is 0 Å². The van der Waals surface area contributed by atoms with Gasteiger partial charge in [-0.2, -0.15) is 5.26 Å². The van der Waals surface area contributed by atoms with Crippen LogP contribution < -0.4 is 10.3 Å². The molecule has 21 heavy (non-hydrogen) atoms. The number of nitrogens with zero attached hydrogens (tertiary/aromatic N) is 2. The summed E-state index contributed by atoms with van der Waals surface area (Å²) in [6.07, 6.45) is 0. The highest BCUT2D eigenvalue weighted by molar-refractivity contribution is 9.10. The van der Waals surface area contributed by atoms with Crippen molar-refractivity contribution in [1.82, 2.24) is 4.57 Å². The van der Waals surface area contributed by atoms with E-state index in [1.54, 1.807) is 28.8 Å². The van der Waals surface area contributed by atoms with E-state index in [9.17, 15) is 4.79 Å². The first-order chi connectivity index (χ1) is 10.1. The van der Waals surface area contributed by atoms with Crippen molar-refractivity contribution in [3.05, 3.63) is 50.2 Å². The van der Waals surface area contributed by atoms with Crippen LogP contribution in [0.5, 0.6) is 5.75 Å². The van der Waals surface area contributed by atoms with E-state index in [1.807, 2.05) is 19.1 Å². The quantitative estimate of drug-likeness (QED) is 0.824. The highest BCUT2D eigenvalue weighted by Crippen LogP contribution is 2.31. The first-order valence-corrected chi connectivity index (χ1v) is 7.44. The average Bonchev–Trinajstić information content (AvgIpc) is 2.48. The van der Waals surface area contributed by atoms with Crippen LogP contribution in [0.3, 0.4) is 0 Å². The second-order valence-corrected chi connectivity index (χ2v) is 5.47. The minimum atomic E-state index is -0.101. The summed E-state index contributed by atoms with van der Waals surface area (Å²) in [4.78, 5) is 12.1. The molecule has 108 valence electrons. The van der Waals surface area contributed by atoms with Gasteiger partial charge in [-0.25, -0.2) is 0 Å². The SMILES string of the molecule is CCn1c(-c2ccc(OCC#N)cc2Cl)ccc(Br)c1=O. The van der Waals surface area contributed by atoms with E-state index in [0.717, 1.165) is 11.3 Å². The number of ether oxygens (including phenoxy) is 1. The molecule has 0 saturated carbocycles. The molecule has 0 N–H and O–H groups in total. The Bertz CT molecular complexity index is 765. The normalized spacial score (nSPS) is 10.2. The number of rotatable bonds is 4. The lowest BCUT2D eigenvalue weighted by molar-refractivity contribution is 0.368. The number of aromatic nitrogens is 1. The fraction of sp³-hybridized carbons (Fsp3) is 0.200. The smallest absolute Gasteiger partial charge is 0.265 e. The van der Waals surface area contributed by atoms with Gasteiger partial charge in [0.15, 0.2) is 6.61 Å². The van der Waals surface area contributed by atoms with Crippen LogP contribution in [-0.4, -0.2) is 11.2 Å². The molecule has 0 radical (unpaired) electrons. The van der Waals surface area contributed by atoms with E-state index in [0.29, 0.717) is 21.8 Å². The topological polar surface area (TPSA) is 55.0 Å². The van der Waals surface area contributed by atoms with Gasteiger partial charge in [-0.1, -0.05) is 11.6 Å². The highest BCUT2D eigenvalue weighted by atomic mass is 79.9. The van der Waals surface area contributed by atoms with Crippen molar-refractivity contribution in [1.29, 1.82) is 5.26 Å². The Kier molecular flexibility index (Phi) is 5.05. The third kappa shape index (κ3) is 3.29. The molecule has 0 amide bonds. The number of halogens is 2. The summed E-state index contributed by atoms with van der Waals surface area (Å²) in [5, 5.41) is 8.97. The molecule has 1 heterocycles. The lowest BCUT2D eigenvalue weighted by Gasteiger charge is -2.13. The first-order valence-electron chi connectivity index (χ1n) is 6.27. The second kappa shape index (κ2) is 6.79. The Morgan fingerprint density at radius 2 is 2.14 bits per heavy atom. The summed E-state index contributed by atoms with van der Waals surface area (Å²) >= 11 is 9.51. The molecular weight excluding hydrogens is 356 g/mol. The Hall–Kier alpha value is -1.77. The van der Waals surface area contributed by atoms with Crippen molar-refractivity contribution in [2.45, 2.75) is 13.5 Å². The predicted octanol–water partition coefficient (Wildman–Crippen LogP) is 3.85. The van der Waals surface area contributed by atoms with Gasteiger partial charge >= 0.3 is 0 Å². The van der Waals surface area contributed by atoms with Crippen LogP contribution in [0.15, 0.2) is 39.6 Å². The molecule has 6 heteroatoms. The summed E-state index contributed by atoms with van der Waals surface area (Å²) < 4.78 is 7.36. The summed E-state index contributed by atoms with van der Waals surface area (Å²) in [5.74, 6) is 0.521. The largest absolute Gasteiger partial charge is 0.479 e. The lowest BCUT2D eigenvalue weighted by Crippen LogP contribution is -2.21. The van der Waals surface area contributed by atoms with Gasteiger partial charge in [-0.05, 0) is 53.2 Å². The molecule has 0 spiro atoms. The zero-order chi connectivity index (χ0) is 15.4. The molecule has 0 unspecified atom stereocenters. The summed E-state index contributed by atoms with van der Waals surface area (Å²) in [7, 11) is 0. The number of hydrogen-bond donors (Lipinski definition) is 0. The average molecular weight is 368 g/mol. The maximum Gasteiger partial charge on any atom is 0.265 e. The monoisotopic (exact) mass is 366 g/mol. The Morgan fingerprint density at radius 1 is 1.38 bits per heavy atom. The van der Waals surface area contributed by atoms with E-state index in [2.05, 4.69) is 15.9 Å². The number of benzene rings is 1. The molecule has 1 aromatic heterocycles. The van der Waals surface area contributed by atoms with Crippen molar-refractivity contribution < 1.29 is 4.74 Å². The Balaban J connectivity index is 2.51. The van der Waals surface area contributed by atoms with Crippen molar-refractivity contribution in [3.63, 3.8) is 0 Å². The molecule has 0 aliphatic rings. The molecule has 2 aromatic rings. The molecule has 0 aliphatic carbocycles. The molecule has 0 bridgehead atoms. The zero-order valence-electron chi connectivity index (χ0n) is 11.3. The third-order valence-corrected chi connectivity index (χ3v) is 3.88. The molecular formula is C15H12BrClN2O2. The maximum atomic E-state index is 12.1. The van der Waals surface area contributed by atoms with E-state index in [-0.39, 0.29) is 12.2 Å². The van der Waals surface area contributed by atoms with Crippen LogP contribution in [0.25, 0.3) is 11.3 Å². The molecule has 0 saturated heterocycles. The van der Waals surface area contributed by atoms with E-state index < -0.39 is 0 Å². The van der Waals surface area contributed by atoms with Crippen LogP contribution >= 0.6 is 27.5 Å². The summed E-state index contributed by atoms with van der Waals surface area (Å²) in [5.41, 5.74) is 1.38. The van der Waals surface area contributed by atoms with Gasteiger partial charge in [-0.3, -0.25) is 4.79 Å². The lowest BCUT2D eigenvalue weighted by atomic mass is 10.1. The minimum Gasteiger partial charge on any atom is -0.479 e. The Labute approximate surface area is 135 Å². The van der Waals surface area contributed by atoms with Gasteiger partial charge < -0.3 is 9.30 Å². The van der Waals surface area contributed by atoms with Gasteiger partial charge in [0.05, 0.1) is 15.2 Å². The standard InChI is InChI=1S/C15H12BrClN2O2/c1-2-19-14(6-5-12(16)15(19)20)11-4-3-10(9-13(11)17)21-8-7-18/h3-6,9H,2,8H2,1H3. The molecule has 1 aromatic carbocycles. The van der Waals surface area contributed by atoms with Gasteiger partial charge in [0.2, 0.25) is 0 Å². The first kappa shape index (κ1) is 15.6. The van der Waals surface area contributed by atoms with Crippen LogP contribution in [0.1, 0.15) is 6.92 Å². The van der Waals surface area contributed by atoms with Crippen LogP contribution in [-0.2, 0) is 6.54 Å². The zero-order valence-corrected chi connectivity index (χ0v) is 13.6.